The van der Waals surface area contributed by atoms with Crippen LogP contribution in [0, 0.1) is 0 Å². The van der Waals surface area contributed by atoms with Crippen molar-refractivity contribution in [3.8, 4) is 0 Å². The van der Waals surface area contributed by atoms with Gasteiger partial charge in [-0.3, -0.25) is 9.79 Å². The zero-order chi connectivity index (χ0) is 11.8. The molecule has 0 aromatic heterocycles. The highest BCUT2D eigenvalue weighted by atomic mass is 16.4. The molecule has 0 rings (SSSR count). The summed E-state index contributed by atoms with van der Waals surface area (Å²) in [5.74, 6) is -0.799. The van der Waals surface area contributed by atoms with Crippen molar-refractivity contribution in [2.45, 2.75) is 38.8 Å². The highest BCUT2D eigenvalue weighted by Crippen LogP contribution is 1.99. The molecule has 0 saturated carbocycles. The maximum atomic E-state index is 10.8. The third-order valence-corrected chi connectivity index (χ3v) is 1.78. The molecule has 0 bridgehead atoms. The first-order valence-electron chi connectivity index (χ1n) is 4.97. The molecule has 0 aromatic carbocycles. The summed E-state index contributed by atoms with van der Waals surface area (Å²) < 4.78 is 0. The molecule has 0 radical (unpaired) electrons. The smallest absolute Gasteiger partial charge is 0.320 e. The van der Waals surface area contributed by atoms with Crippen LogP contribution in [-0.4, -0.2) is 35.7 Å². The standard InChI is InChI=1S/C9H20N4O2/c1-6(2)13-7(8(14)15)4-3-5-12-9(10)11/h6-7,13H,3-5H2,1-2H3,(H,14,15)(H4,10,11,12)/t7-/m0/s1. The third-order valence-electron chi connectivity index (χ3n) is 1.78. The zero-order valence-electron chi connectivity index (χ0n) is 9.23. The molecule has 0 aliphatic rings. The summed E-state index contributed by atoms with van der Waals surface area (Å²) in [5, 5.41) is 11.8. The van der Waals surface area contributed by atoms with Gasteiger partial charge in [0.05, 0.1) is 0 Å². The van der Waals surface area contributed by atoms with Crippen molar-refractivity contribution < 1.29 is 9.90 Å². The fourth-order valence-corrected chi connectivity index (χ4v) is 1.18. The highest BCUT2D eigenvalue weighted by molar-refractivity contribution is 5.75. The lowest BCUT2D eigenvalue weighted by molar-refractivity contribution is -0.139. The molecule has 0 aliphatic carbocycles. The minimum Gasteiger partial charge on any atom is -0.480 e. The number of aliphatic carboxylic acids is 1. The number of rotatable bonds is 7. The Morgan fingerprint density at radius 3 is 2.47 bits per heavy atom. The fourth-order valence-electron chi connectivity index (χ4n) is 1.18. The van der Waals surface area contributed by atoms with Crippen molar-refractivity contribution in [3.63, 3.8) is 0 Å². The van der Waals surface area contributed by atoms with E-state index in [4.69, 9.17) is 16.6 Å². The maximum Gasteiger partial charge on any atom is 0.320 e. The summed E-state index contributed by atoms with van der Waals surface area (Å²) in [6.07, 6.45) is 1.17. The number of guanidine groups is 1. The van der Waals surface area contributed by atoms with Gasteiger partial charge >= 0.3 is 5.97 Å². The Hall–Kier alpha value is -1.30. The van der Waals surface area contributed by atoms with Gasteiger partial charge in [0.2, 0.25) is 0 Å². The first-order chi connectivity index (χ1) is 6.93. The van der Waals surface area contributed by atoms with Crippen LogP contribution in [0.4, 0.5) is 0 Å². The van der Waals surface area contributed by atoms with Crippen molar-refractivity contribution >= 4 is 11.9 Å². The van der Waals surface area contributed by atoms with Crippen LogP contribution in [0.25, 0.3) is 0 Å². The Morgan fingerprint density at radius 2 is 2.07 bits per heavy atom. The topological polar surface area (TPSA) is 114 Å². The summed E-state index contributed by atoms with van der Waals surface area (Å²) in [4.78, 5) is 14.6. The van der Waals surface area contributed by atoms with Crippen LogP contribution in [0.15, 0.2) is 4.99 Å². The fraction of sp³-hybridized carbons (Fsp3) is 0.778. The van der Waals surface area contributed by atoms with E-state index >= 15 is 0 Å². The molecule has 6 nitrogen and oxygen atoms in total. The second-order valence-corrected chi connectivity index (χ2v) is 3.66. The predicted molar refractivity (Wildman–Crippen MR) is 59.6 cm³/mol. The highest BCUT2D eigenvalue weighted by Gasteiger charge is 2.16. The number of hydrogen-bond donors (Lipinski definition) is 4. The quantitative estimate of drug-likeness (QED) is 0.260. The van der Waals surface area contributed by atoms with Gasteiger partial charge in [-0.15, -0.1) is 0 Å². The molecule has 0 aromatic rings. The van der Waals surface area contributed by atoms with Gasteiger partial charge in [-0.05, 0) is 12.8 Å². The number of carboxylic acids is 1. The van der Waals surface area contributed by atoms with Crippen LogP contribution in [0.1, 0.15) is 26.7 Å². The normalized spacial score (nSPS) is 12.5. The third kappa shape index (κ3) is 7.75. The molecule has 0 fully saturated rings. The van der Waals surface area contributed by atoms with Crippen LogP contribution >= 0.6 is 0 Å². The van der Waals surface area contributed by atoms with Gasteiger partial charge in [-0.1, -0.05) is 13.8 Å². The Morgan fingerprint density at radius 1 is 1.47 bits per heavy atom. The summed E-state index contributed by atoms with van der Waals surface area (Å²) >= 11 is 0. The average Bonchev–Trinajstić information content (AvgIpc) is 2.08. The first kappa shape index (κ1) is 13.7. The van der Waals surface area contributed by atoms with E-state index in [9.17, 15) is 4.79 Å². The molecule has 0 unspecified atom stereocenters. The lowest BCUT2D eigenvalue weighted by Crippen LogP contribution is -2.40. The van der Waals surface area contributed by atoms with E-state index in [1.165, 1.54) is 0 Å². The van der Waals surface area contributed by atoms with Crippen LogP contribution < -0.4 is 16.8 Å². The Labute approximate surface area is 89.7 Å². The average molecular weight is 216 g/mol. The minimum absolute atomic E-state index is 0.0405. The van der Waals surface area contributed by atoms with Crippen molar-refractivity contribution in [2.75, 3.05) is 6.54 Å². The second kappa shape index (κ2) is 7.05. The van der Waals surface area contributed by atoms with E-state index in [2.05, 4.69) is 10.3 Å². The monoisotopic (exact) mass is 216 g/mol. The molecule has 6 N–H and O–H groups in total. The SMILES string of the molecule is CC(C)N[C@@H](CCCN=C(N)N)C(=O)O. The van der Waals surface area contributed by atoms with Crippen LogP contribution in [-0.2, 0) is 4.79 Å². The van der Waals surface area contributed by atoms with Gasteiger partial charge in [0.1, 0.15) is 6.04 Å². The molecule has 0 heterocycles. The summed E-state index contributed by atoms with van der Waals surface area (Å²) in [6.45, 7) is 4.28. The Balaban J connectivity index is 3.87. The molecule has 6 heteroatoms. The number of nitrogens with zero attached hydrogens (tertiary/aromatic N) is 1. The lowest BCUT2D eigenvalue weighted by Gasteiger charge is -2.16. The maximum absolute atomic E-state index is 10.8. The van der Waals surface area contributed by atoms with Crippen molar-refractivity contribution in [2.24, 2.45) is 16.5 Å². The van der Waals surface area contributed by atoms with E-state index in [0.717, 1.165) is 0 Å². The molecule has 0 amide bonds. The molecular formula is C9H20N4O2. The van der Waals surface area contributed by atoms with Gasteiger partial charge in [-0.2, -0.15) is 0 Å². The predicted octanol–water partition coefficient (Wildman–Crippen LogP) is -0.509. The molecule has 0 spiro atoms. The van der Waals surface area contributed by atoms with Crippen LogP contribution in [0.3, 0.4) is 0 Å². The number of aliphatic imine (C=N–C) groups is 1. The Kier molecular flexibility index (Phi) is 6.44. The number of carboxylic acid groups (broad SMARTS) is 1. The summed E-state index contributed by atoms with van der Waals surface area (Å²) in [6, 6.07) is -0.381. The molecule has 0 saturated heterocycles. The minimum atomic E-state index is -0.839. The number of nitrogens with one attached hydrogen (secondary N) is 1. The first-order valence-corrected chi connectivity index (χ1v) is 4.97. The van der Waals surface area contributed by atoms with Crippen LogP contribution in [0.2, 0.25) is 0 Å². The number of carbonyl (C=O) groups is 1. The second-order valence-electron chi connectivity index (χ2n) is 3.66. The van der Waals surface area contributed by atoms with E-state index in [1.54, 1.807) is 0 Å². The Bertz CT molecular complexity index is 224. The largest absolute Gasteiger partial charge is 0.480 e. The number of nitrogens with two attached hydrogens (primary N) is 2. The van der Waals surface area contributed by atoms with Gasteiger partial charge in [0, 0.05) is 12.6 Å². The molecule has 1 atom stereocenters. The van der Waals surface area contributed by atoms with E-state index in [-0.39, 0.29) is 12.0 Å². The van der Waals surface area contributed by atoms with Crippen molar-refractivity contribution in [1.29, 1.82) is 0 Å². The summed E-state index contributed by atoms with van der Waals surface area (Å²) in [7, 11) is 0. The van der Waals surface area contributed by atoms with E-state index < -0.39 is 12.0 Å². The van der Waals surface area contributed by atoms with Gasteiger partial charge in [-0.25, -0.2) is 0 Å². The van der Waals surface area contributed by atoms with Crippen molar-refractivity contribution in [3.05, 3.63) is 0 Å². The zero-order valence-corrected chi connectivity index (χ0v) is 9.23. The van der Waals surface area contributed by atoms with Gasteiger partial charge in [0.25, 0.3) is 0 Å². The van der Waals surface area contributed by atoms with Gasteiger partial charge < -0.3 is 21.9 Å². The molecular weight excluding hydrogens is 196 g/mol. The van der Waals surface area contributed by atoms with Crippen molar-refractivity contribution in [1.82, 2.24) is 5.32 Å². The molecule has 88 valence electrons. The number of hydrogen-bond acceptors (Lipinski definition) is 3. The van der Waals surface area contributed by atoms with Crippen LogP contribution in [0.5, 0.6) is 0 Å². The molecule has 0 aliphatic heterocycles. The molecule has 15 heavy (non-hydrogen) atoms. The van der Waals surface area contributed by atoms with E-state index in [1.807, 2.05) is 13.8 Å². The lowest BCUT2D eigenvalue weighted by atomic mass is 10.1. The van der Waals surface area contributed by atoms with E-state index in [0.29, 0.717) is 19.4 Å². The van der Waals surface area contributed by atoms with Gasteiger partial charge in [0.15, 0.2) is 5.96 Å². The summed E-state index contributed by atoms with van der Waals surface area (Å²) in [5.41, 5.74) is 10.3.